The molecule has 1 aliphatic heterocycles. The molecule has 30 heavy (non-hydrogen) atoms. The van der Waals surface area contributed by atoms with Crippen molar-refractivity contribution in [1.29, 1.82) is 0 Å². The zero-order chi connectivity index (χ0) is 21.5. The van der Waals surface area contributed by atoms with Crippen LogP contribution in [0.5, 0.6) is 0 Å². The van der Waals surface area contributed by atoms with Gasteiger partial charge in [0.1, 0.15) is 0 Å². The summed E-state index contributed by atoms with van der Waals surface area (Å²) in [6.07, 6.45) is 5.83. The van der Waals surface area contributed by atoms with Gasteiger partial charge in [0.05, 0.1) is 4.90 Å². The summed E-state index contributed by atoms with van der Waals surface area (Å²) in [6, 6.07) is 5.71. The fourth-order valence-electron chi connectivity index (χ4n) is 4.39. The Hall–Kier alpha value is -2.13. The largest absolute Gasteiger partial charge is 0.338 e. The van der Waals surface area contributed by atoms with Crippen LogP contribution in [0.15, 0.2) is 29.2 Å². The first kappa shape index (κ1) is 21.1. The monoisotopic (exact) mass is 434 g/mol. The number of nitrogens with zero attached hydrogens (tertiary/aromatic N) is 1. The average molecular weight is 435 g/mol. The van der Waals surface area contributed by atoms with Gasteiger partial charge >= 0.3 is 6.03 Å². The lowest BCUT2D eigenvalue weighted by Gasteiger charge is -2.33. The van der Waals surface area contributed by atoms with Crippen molar-refractivity contribution in [1.82, 2.24) is 15.5 Å². The number of hydrogen-bond acceptors (Lipinski definition) is 4. The van der Waals surface area contributed by atoms with Crippen LogP contribution in [0.25, 0.3) is 0 Å². The van der Waals surface area contributed by atoms with Gasteiger partial charge in [-0.3, -0.25) is 4.79 Å². The molecule has 164 valence electrons. The minimum atomic E-state index is -3.85. The van der Waals surface area contributed by atoms with Gasteiger partial charge in [-0.1, -0.05) is 13.0 Å². The fraction of sp³-hybridized carbons (Fsp3) is 0.619. The maximum atomic E-state index is 12.7. The zero-order valence-electron chi connectivity index (χ0n) is 17.3. The van der Waals surface area contributed by atoms with Crippen LogP contribution in [0.2, 0.25) is 0 Å². The quantitative estimate of drug-likeness (QED) is 0.632. The number of benzene rings is 1. The van der Waals surface area contributed by atoms with Crippen LogP contribution < -0.4 is 15.8 Å². The lowest BCUT2D eigenvalue weighted by molar-refractivity contribution is 0.0708. The van der Waals surface area contributed by atoms with Crippen molar-refractivity contribution >= 4 is 22.0 Å². The van der Waals surface area contributed by atoms with Crippen LogP contribution in [-0.4, -0.2) is 49.9 Å². The molecule has 0 bridgehead atoms. The highest BCUT2D eigenvalue weighted by molar-refractivity contribution is 7.89. The van der Waals surface area contributed by atoms with Crippen molar-refractivity contribution in [3.8, 4) is 0 Å². The third-order valence-corrected chi connectivity index (χ3v) is 7.60. The molecule has 3 fully saturated rings. The Labute approximate surface area is 177 Å². The van der Waals surface area contributed by atoms with Gasteiger partial charge in [-0.05, 0) is 68.6 Å². The van der Waals surface area contributed by atoms with Gasteiger partial charge in [-0.2, -0.15) is 0 Å². The number of primary sulfonamides is 1. The number of nitrogens with one attached hydrogen (secondary N) is 2. The summed E-state index contributed by atoms with van der Waals surface area (Å²) >= 11 is 0. The summed E-state index contributed by atoms with van der Waals surface area (Å²) in [7, 11) is -3.85. The van der Waals surface area contributed by atoms with Crippen LogP contribution in [-0.2, 0) is 10.0 Å². The van der Waals surface area contributed by atoms with E-state index >= 15 is 0 Å². The number of carbonyl (C=O) groups excluding carboxylic acids is 2. The van der Waals surface area contributed by atoms with E-state index in [2.05, 4.69) is 17.6 Å². The summed E-state index contributed by atoms with van der Waals surface area (Å²) in [6.45, 7) is 3.28. The second kappa shape index (κ2) is 7.85. The molecule has 0 radical (unpaired) electrons. The van der Waals surface area contributed by atoms with Crippen LogP contribution in [0.4, 0.5) is 4.79 Å². The van der Waals surface area contributed by atoms with E-state index in [0.29, 0.717) is 31.5 Å². The molecule has 1 aromatic carbocycles. The molecule has 3 amide bonds. The number of amides is 3. The predicted octanol–water partition coefficient (Wildman–Crippen LogP) is 1.82. The van der Waals surface area contributed by atoms with Crippen molar-refractivity contribution in [3.63, 3.8) is 0 Å². The molecule has 3 aliphatic rings. The van der Waals surface area contributed by atoms with Gasteiger partial charge < -0.3 is 15.5 Å². The normalized spacial score (nSPS) is 25.5. The molecule has 4 N–H and O–H groups in total. The third kappa shape index (κ3) is 4.95. The Balaban J connectivity index is 1.26. The zero-order valence-corrected chi connectivity index (χ0v) is 18.1. The Kier molecular flexibility index (Phi) is 5.52. The number of carbonyl (C=O) groups is 2. The molecule has 2 atom stereocenters. The number of rotatable bonds is 6. The van der Waals surface area contributed by atoms with Crippen molar-refractivity contribution in [2.75, 3.05) is 13.1 Å². The van der Waals surface area contributed by atoms with E-state index in [9.17, 15) is 18.0 Å². The number of urea groups is 1. The van der Waals surface area contributed by atoms with E-state index < -0.39 is 10.0 Å². The molecular weight excluding hydrogens is 404 g/mol. The molecule has 1 saturated heterocycles. The number of hydrogen-bond donors (Lipinski definition) is 3. The number of piperidine rings is 1. The standard InChI is InChI=1S/C21H30N4O4S/c1-14-11-16(14)13-21(7-8-21)24-20(27)23-17-5-9-25(10-6-17)19(26)15-3-2-4-18(12-15)30(22,28)29/h2-4,12,14,16-17H,5-11,13H2,1H3,(H2,22,28,29)(H2,23,24,27)/t14-,16?/m0/s1. The van der Waals surface area contributed by atoms with Gasteiger partial charge in [0.15, 0.2) is 0 Å². The van der Waals surface area contributed by atoms with E-state index in [1.165, 1.54) is 24.6 Å². The molecule has 1 heterocycles. The third-order valence-electron chi connectivity index (χ3n) is 6.69. The molecule has 0 spiro atoms. The highest BCUT2D eigenvalue weighted by Gasteiger charge is 2.49. The second-order valence-electron chi connectivity index (χ2n) is 9.20. The van der Waals surface area contributed by atoms with Crippen molar-refractivity contribution < 1.29 is 18.0 Å². The van der Waals surface area contributed by atoms with Crippen LogP contribution in [0.3, 0.4) is 0 Å². The first-order valence-electron chi connectivity index (χ1n) is 10.7. The topological polar surface area (TPSA) is 122 Å². The Morgan fingerprint density at radius 2 is 1.90 bits per heavy atom. The minimum Gasteiger partial charge on any atom is -0.338 e. The fourth-order valence-corrected chi connectivity index (χ4v) is 4.95. The Morgan fingerprint density at radius 1 is 1.23 bits per heavy atom. The molecule has 8 nitrogen and oxygen atoms in total. The summed E-state index contributed by atoms with van der Waals surface area (Å²) in [4.78, 5) is 26.8. The number of sulfonamides is 1. The van der Waals surface area contributed by atoms with Gasteiger partial charge in [0, 0.05) is 30.2 Å². The molecule has 0 aromatic heterocycles. The van der Waals surface area contributed by atoms with Crippen molar-refractivity contribution in [2.24, 2.45) is 17.0 Å². The van der Waals surface area contributed by atoms with Crippen molar-refractivity contribution in [2.45, 2.75) is 61.9 Å². The molecule has 1 aromatic rings. The van der Waals surface area contributed by atoms with Gasteiger partial charge in [0.25, 0.3) is 5.91 Å². The highest BCUT2D eigenvalue weighted by atomic mass is 32.2. The summed E-state index contributed by atoms with van der Waals surface area (Å²) in [5.74, 6) is 1.33. The number of nitrogens with two attached hydrogens (primary N) is 1. The molecule has 2 saturated carbocycles. The molecular formula is C21H30N4O4S. The smallest absolute Gasteiger partial charge is 0.315 e. The maximum absolute atomic E-state index is 12.7. The van der Waals surface area contributed by atoms with Gasteiger partial charge in [0.2, 0.25) is 10.0 Å². The van der Waals surface area contributed by atoms with Crippen LogP contribution >= 0.6 is 0 Å². The molecule has 2 aliphatic carbocycles. The van der Waals surface area contributed by atoms with E-state index in [4.69, 9.17) is 5.14 Å². The molecule has 4 rings (SSSR count). The van der Waals surface area contributed by atoms with E-state index in [1.54, 1.807) is 11.0 Å². The van der Waals surface area contributed by atoms with E-state index in [-0.39, 0.29) is 28.4 Å². The summed E-state index contributed by atoms with van der Waals surface area (Å²) < 4.78 is 23.0. The maximum Gasteiger partial charge on any atom is 0.315 e. The lowest BCUT2D eigenvalue weighted by atomic mass is 10.0. The SMILES string of the molecule is C[C@H]1CC1CC1(NC(=O)NC2CCN(C(=O)c3cccc(S(N)(=O)=O)c3)CC2)CC1. The Bertz CT molecular complexity index is 936. The van der Waals surface area contributed by atoms with Crippen LogP contribution in [0, 0.1) is 11.8 Å². The summed E-state index contributed by atoms with van der Waals surface area (Å²) in [5.41, 5.74) is 0.306. The van der Waals surface area contributed by atoms with Gasteiger partial charge in [-0.25, -0.2) is 18.4 Å². The minimum absolute atomic E-state index is 0.00449. The molecule has 9 heteroatoms. The predicted molar refractivity (Wildman–Crippen MR) is 112 cm³/mol. The highest BCUT2D eigenvalue weighted by Crippen LogP contribution is 2.50. The van der Waals surface area contributed by atoms with Crippen molar-refractivity contribution in [3.05, 3.63) is 29.8 Å². The first-order chi connectivity index (χ1) is 14.2. The Morgan fingerprint density at radius 3 is 2.47 bits per heavy atom. The average Bonchev–Trinajstić information content (AvgIpc) is 3.61. The lowest BCUT2D eigenvalue weighted by Crippen LogP contribution is -2.51. The second-order valence-corrected chi connectivity index (χ2v) is 10.8. The first-order valence-corrected chi connectivity index (χ1v) is 12.2. The summed E-state index contributed by atoms with van der Waals surface area (Å²) in [5, 5.41) is 11.4. The number of likely N-dealkylation sites (tertiary alicyclic amines) is 1. The van der Waals surface area contributed by atoms with E-state index in [1.807, 2.05) is 0 Å². The molecule has 1 unspecified atom stereocenters. The van der Waals surface area contributed by atoms with Crippen LogP contribution in [0.1, 0.15) is 55.8 Å². The van der Waals surface area contributed by atoms with Gasteiger partial charge in [-0.15, -0.1) is 0 Å². The van der Waals surface area contributed by atoms with E-state index in [0.717, 1.165) is 31.1 Å².